The number of hydrogen-bond donors (Lipinski definition) is 0. The van der Waals surface area contributed by atoms with Gasteiger partial charge in [-0.2, -0.15) is 0 Å². The molecule has 0 aliphatic carbocycles. The molecule has 16 heavy (non-hydrogen) atoms. The molecule has 0 amide bonds. The van der Waals surface area contributed by atoms with Crippen LogP contribution in [-0.2, 0) is 17.9 Å². The molecule has 86 valence electrons. The molecule has 1 aromatic heterocycles. The molecule has 2 aromatic rings. The van der Waals surface area contributed by atoms with Gasteiger partial charge in [0.15, 0.2) is 0 Å². The topological polar surface area (TPSA) is 14.2 Å². The van der Waals surface area contributed by atoms with E-state index in [9.17, 15) is 0 Å². The van der Waals surface area contributed by atoms with Gasteiger partial charge in [-0.15, -0.1) is 0 Å². The van der Waals surface area contributed by atoms with E-state index < -0.39 is 0 Å². The van der Waals surface area contributed by atoms with E-state index in [1.54, 1.807) is 0 Å². The summed E-state index contributed by atoms with van der Waals surface area (Å²) < 4.78 is 8.91. The highest BCUT2D eigenvalue weighted by Crippen LogP contribution is 2.29. The summed E-state index contributed by atoms with van der Waals surface area (Å²) in [6.07, 6.45) is 2.19. The fraction of sp³-hybridized carbons (Fsp3) is 0.385. The fourth-order valence-corrected chi connectivity index (χ4v) is 2.59. The van der Waals surface area contributed by atoms with Crippen molar-refractivity contribution in [1.82, 2.24) is 4.57 Å². The van der Waals surface area contributed by atoms with Crippen molar-refractivity contribution in [2.45, 2.75) is 27.0 Å². The van der Waals surface area contributed by atoms with Crippen LogP contribution in [-0.4, -0.2) is 11.2 Å². The highest BCUT2D eigenvalue weighted by Gasteiger charge is 2.10. The largest absolute Gasteiger partial charge is 0.377 e. The Morgan fingerprint density at radius 1 is 1.31 bits per heavy atom. The van der Waals surface area contributed by atoms with Crippen LogP contribution in [0.1, 0.15) is 19.4 Å². The summed E-state index contributed by atoms with van der Waals surface area (Å²) in [5, 5.41) is 1.28. The number of halogens is 1. The van der Waals surface area contributed by atoms with Crippen LogP contribution in [0.25, 0.3) is 10.9 Å². The Labute approximate surface area is 104 Å². The van der Waals surface area contributed by atoms with E-state index in [0.29, 0.717) is 6.61 Å². The predicted molar refractivity (Wildman–Crippen MR) is 70.6 cm³/mol. The lowest BCUT2D eigenvalue weighted by molar-refractivity contribution is 0.135. The van der Waals surface area contributed by atoms with Gasteiger partial charge in [0.2, 0.25) is 0 Å². The zero-order valence-electron chi connectivity index (χ0n) is 9.66. The SMILES string of the molecule is CCOCc1cn(CC)c2cccc(Br)c12. The van der Waals surface area contributed by atoms with Gasteiger partial charge in [0.05, 0.1) is 6.61 Å². The van der Waals surface area contributed by atoms with Crippen LogP contribution in [0.15, 0.2) is 28.9 Å². The van der Waals surface area contributed by atoms with E-state index in [1.165, 1.54) is 16.5 Å². The highest BCUT2D eigenvalue weighted by molar-refractivity contribution is 9.10. The van der Waals surface area contributed by atoms with Gasteiger partial charge in [-0.25, -0.2) is 0 Å². The number of benzene rings is 1. The summed E-state index contributed by atoms with van der Waals surface area (Å²) in [4.78, 5) is 0. The zero-order valence-corrected chi connectivity index (χ0v) is 11.3. The van der Waals surface area contributed by atoms with E-state index in [0.717, 1.165) is 17.6 Å². The van der Waals surface area contributed by atoms with E-state index in [4.69, 9.17) is 4.74 Å². The number of hydrogen-bond acceptors (Lipinski definition) is 1. The summed E-state index contributed by atoms with van der Waals surface area (Å²) >= 11 is 3.61. The van der Waals surface area contributed by atoms with Crippen molar-refractivity contribution in [3.8, 4) is 0 Å². The molecule has 0 radical (unpaired) electrons. The monoisotopic (exact) mass is 281 g/mol. The Morgan fingerprint density at radius 2 is 2.12 bits per heavy atom. The van der Waals surface area contributed by atoms with Crippen LogP contribution in [0.5, 0.6) is 0 Å². The average Bonchev–Trinajstić information content (AvgIpc) is 2.66. The molecule has 1 aromatic carbocycles. The van der Waals surface area contributed by atoms with Crippen molar-refractivity contribution in [2.24, 2.45) is 0 Å². The van der Waals surface area contributed by atoms with Crippen molar-refractivity contribution in [3.63, 3.8) is 0 Å². The molecule has 0 bridgehead atoms. The van der Waals surface area contributed by atoms with E-state index in [-0.39, 0.29) is 0 Å². The minimum atomic E-state index is 0.683. The van der Waals surface area contributed by atoms with E-state index >= 15 is 0 Å². The van der Waals surface area contributed by atoms with Gasteiger partial charge < -0.3 is 9.30 Å². The van der Waals surface area contributed by atoms with Crippen LogP contribution in [0.3, 0.4) is 0 Å². The third kappa shape index (κ3) is 2.02. The Kier molecular flexibility index (Phi) is 3.66. The number of aryl methyl sites for hydroxylation is 1. The molecule has 2 rings (SSSR count). The van der Waals surface area contributed by atoms with Crippen LogP contribution in [0.4, 0.5) is 0 Å². The van der Waals surface area contributed by atoms with Crippen LogP contribution in [0.2, 0.25) is 0 Å². The standard InChI is InChI=1S/C13H16BrNO/c1-3-15-8-10(9-16-4-2)13-11(14)6-5-7-12(13)15/h5-8H,3-4,9H2,1-2H3. The first kappa shape index (κ1) is 11.7. The lowest BCUT2D eigenvalue weighted by Gasteiger charge is -2.01. The third-order valence-electron chi connectivity index (χ3n) is 2.74. The molecule has 0 spiro atoms. The first-order valence-electron chi connectivity index (χ1n) is 5.61. The third-order valence-corrected chi connectivity index (χ3v) is 3.40. The zero-order chi connectivity index (χ0) is 11.5. The molecule has 0 aliphatic heterocycles. The van der Waals surface area contributed by atoms with Crippen molar-refractivity contribution in [3.05, 3.63) is 34.4 Å². The van der Waals surface area contributed by atoms with Gasteiger partial charge in [0.1, 0.15) is 0 Å². The minimum absolute atomic E-state index is 0.683. The molecular formula is C13H16BrNO. The molecule has 0 aliphatic rings. The summed E-state index contributed by atoms with van der Waals surface area (Å²) in [5.41, 5.74) is 2.53. The second-order valence-corrected chi connectivity index (χ2v) is 4.57. The van der Waals surface area contributed by atoms with Gasteiger partial charge in [-0.3, -0.25) is 0 Å². The summed E-state index contributed by atoms with van der Waals surface area (Å²) in [6, 6.07) is 6.31. The highest BCUT2D eigenvalue weighted by atomic mass is 79.9. The van der Waals surface area contributed by atoms with E-state index in [2.05, 4.69) is 51.8 Å². The fourth-order valence-electron chi connectivity index (χ4n) is 1.98. The Bertz CT molecular complexity index is 490. The summed E-state index contributed by atoms with van der Waals surface area (Å²) in [5.74, 6) is 0. The second kappa shape index (κ2) is 5.02. The summed E-state index contributed by atoms with van der Waals surface area (Å²) in [6.45, 7) is 6.60. The van der Waals surface area contributed by atoms with Gasteiger partial charge in [-0.05, 0) is 26.0 Å². The molecule has 0 saturated heterocycles. The second-order valence-electron chi connectivity index (χ2n) is 3.71. The van der Waals surface area contributed by atoms with Gasteiger partial charge in [-0.1, -0.05) is 22.0 Å². The first-order chi connectivity index (χ1) is 7.77. The lowest BCUT2D eigenvalue weighted by atomic mass is 10.2. The molecule has 2 nitrogen and oxygen atoms in total. The average molecular weight is 282 g/mol. The molecule has 3 heteroatoms. The molecule has 0 atom stereocenters. The number of nitrogens with zero attached hydrogens (tertiary/aromatic N) is 1. The van der Waals surface area contributed by atoms with Gasteiger partial charge >= 0.3 is 0 Å². The van der Waals surface area contributed by atoms with Crippen LogP contribution in [0, 0.1) is 0 Å². The Morgan fingerprint density at radius 3 is 2.81 bits per heavy atom. The maximum atomic E-state index is 5.51. The lowest BCUT2D eigenvalue weighted by Crippen LogP contribution is -1.91. The van der Waals surface area contributed by atoms with Crippen LogP contribution >= 0.6 is 15.9 Å². The van der Waals surface area contributed by atoms with Crippen molar-refractivity contribution < 1.29 is 4.74 Å². The maximum absolute atomic E-state index is 5.51. The first-order valence-corrected chi connectivity index (χ1v) is 6.41. The molecule has 1 heterocycles. The predicted octanol–water partition coefficient (Wildman–Crippen LogP) is 3.96. The maximum Gasteiger partial charge on any atom is 0.0737 e. The Balaban J connectivity index is 2.55. The Hall–Kier alpha value is -0.800. The number of ether oxygens (including phenoxy) is 1. The smallest absolute Gasteiger partial charge is 0.0737 e. The molecule has 0 N–H and O–H groups in total. The van der Waals surface area contributed by atoms with Gasteiger partial charge in [0.25, 0.3) is 0 Å². The molecular weight excluding hydrogens is 266 g/mol. The van der Waals surface area contributed by atoms with Crippen molar-refractivity contribution >= 4 is 26.8 Å². The number of rotatable bonds is 4. The van der Waals surface area contributed by atoms with E-state index in [1.807, 2.05) is 6.92 Å². The van der Waals surface area contributed by atoms with Crippen LogP contribution < -0.4 is 0 Å². The normalized spacial score (nSPS) is 11.2. The molecule has 0 saturated carbocycles. The van der Waals surface area contributed by atoms with Crippen molar-refractivity contribution in [2.75, 3.05) is 6.61 Å². The molecule has 0 unspecified atom stereocenters. The number of fused-ring (bicyclic) bond motifs is 1. The quantitative estimate of drug-likeness (QED) is 0.828. The van der Waals surface area contributed by atoms with Crippen molar-refractivity contribution in [1.29, 1.82) is 0 Å². The number of aromatic nitrogens is 1. The summed E-state index contributed by atoms with van der Waals surface area (Å²) in [7, 11) is 0. The minimum Gasteiger partial charge on any atom is -0.377 e. The molecule has 0 fully saturated rings. The van der Waals surface area contributed by atoms with Gasteiger partial charge in [0, 0.05) is 40.3 Å².